The highest BCUT2D eigenvalue weighted by Gasteiger charge is 2.09. The fourth-order valence-electron chi connectivity index (χ4n) is 2.14. The van der Waals surface area contributed by atoms with Crippen LogP contribution in [0.4, 0.5) is 11.4 Å². The third-order valence-electron chi connectivity index (χ3n) is 3.50. The summed E-state index contributed by atoms with van der Waals surface area (Å²) in [6.45, 7) is 2.76. The molecule has 7 heteroatoms. The fourth-order valence-corrected chi connectivity index (χ4v) is 3.39. The van der Waals surface area contributed by atoms with Gasteiger partial charge in [-0.3, -0.25) is 0 Å². The van der Waals surface area contributed by atoms with Gasteiger partial charge in [0.05, 0.1) is 21.3 Å². The van der Waals surface area contributed by atoms with Crippen LogP contribution >= 0.6 is 23.2 Å². The Morgan fingerprint density at radius 3 is 2.50 bits per heavy atom. The van der Waals surface area contributed by atoms with Crippen LogP contribution in [0.2, 0.25) is 10.0 Å². The molecule has 1 atom stereocenters. The molecule has 24 heavy (non-hydrogen) atoms. The average Bonchev–Trinajstić information content (AvgIpc) is 2.59. The van der Waals surface area contributed by atoms with Gasteiger partial charge in [-0.05, 0) is 55.5 Å². The Labute approximate surface area is 153 Å². The summed E-state index contributed by atoms with van der Waals surface area (Å²) in [5.74, 6) is 0. The van der Waals surface area contributed by atoms with Crippen molar-refractivity contribution in [2.75, 3.05) is 16.2 Å². The minimum Gasteiger partial charge on any atom is -0.329 e. The average molecular weight is 380 g/mol. The number of halogens is 2. The van der Waals surface area contributed by atoms with E-state index in [-0.39, 0.29) is 0 Å². The van der Waals surface area contributed by atoms with Gasteiger partial charge < -0.3 is 9.62 Å². The Bertz CT molecular complexity index is 834. The first kappa shape index (κ1) is 17.0. The molecular formula is C17H15Cl2N3OS. The number of nitrogens with one attached hydrogen (secondary N) is 1. The first-order valence-electron chi connectivity index (χ1n) is 7.24. The van der Waals surface area contributed by atoms with Crippen LogP contribution in [-0.4, -0.2) is 17.1 Å². The van der Waals surface area contributed by atoms with Gasteiger partial charge in [-0.25, -0.2) is 9.20 Å². The summed E-state index contributed by atoms with van der Waals surface area (Å²) < 4.78 is 15.3. The second-order valence-electron chi connectivity index (χ2n) is 5.24. The third-order valence-corrected chi connectivity index (χ3v) is 5.34. The standard InChI is InChI=1S/C17H15Cl2N3OS/c1-12-8-9-22(11-20-12)14-4-2-13(3-5-14)21-24(23)15-6-7-16(18)17(19)10-15/h2-8,10-11,21H,9H2,1H3. The van der Waals surface area contributed by atoms with E-state index in [1.165, 1.54) is 0 Å². The Balaban J connectivity index is 1.69. The molecule has 0 radical (unpaired) electrons. The van der Waals surface area contributed by atoms with Gasteiger partial charge in [0.2, 0.25) is 0 Å². The van der Waals surface area contributed by atoms with E-state index in [2.05, 4.69) is 15.8 Å². The normalized spacial score (nSPS) is 15.1. The van der Waals surface area contributed by atoms with Crippen molar-refractivity contribution in [1.82, 2.24) is 0 Å². The molecule has 2 aromatic rings. The minimum atomic E-state index is -1.41. The number of allylic oxidation sites excluding steroid dienone is 1. The van der Waals surface area contributed by atoms with E-state index in [4.69, 9.17) is 23.2 Å². The van der Waals surface area contributed by atoms with Crippen molar-refractivity contribution in [1.29, 1.82) is 0 Å². The summed E-state index contributed by atoms with van der Waals surface area (Å²) in [6, 6.07) is 12.6. The number of anilines is 2. The largest absolute Gasteiger partial charge is 0.329 e. The molecule has 4 nitrogen and oxygen atoms in total. The van der Waals surface area contributed by atoms with Gasteiger partial charge >= 0.3 is 0 Å². The van der Waals surface area contributed by atoms with Gasteiger partial charge in [0.1, 0.15) is 11.0 Å². The number of nitrogens with zero attached hydrogens (tertiary/aromatic N) is 2. The Hall–Kier alpha value is -1.82. The zero-order chi connectivity index (χ0) is 17.1. The maximum absolute atomic E-state index is 12.4. The van der Waals surface area contributed by atoms with Crippen molar-refractivity contribution in [2.45, 2.75) is 11.8 Å². The van der Waals surface area contributed by atoms with Crippen LogP contribution in [0.3, 0.4) is 0 Å². The third kappa shape index (κ3) is 3.98. The molecular weight excluding hydrogens is 365 g/mol. The van der Waals surface area contributed by atoms with Crippen molar-refractivity contribution in [3.63, 3.8) is 0 Å². The van der Waals surface area contributed by atoms with Crippen LogP contribution in [-0.2, 0) is 11.0 Å². The molecule has 2 aromatic carbocycles. The molecule has 1 aliphatic heterocycles. The number of hydrogen-bond acceptors (Lipinski definition) is 3. The summed E-state index contributed by atoms with van der Waals surface area (Å²) >= 11 is 11.8. The second-order valence-corrected chi connectivity index (χ2v) is 7.26. The maximum Gasteiger partial charge on any atom is 0.150 e. The molecule has 0 saturated carbocycles. The highest BCUT2D eigenvalue weighted by Crippen LogP contribution is 2.25. The Morgan fingerprint density at radius 2 is 1.88 bits per heavy atom. The molecule has 0 fully saturated rings. The highest BCUT2D eigenvalue weighted by molar-refractivity contribution is 7.86. The number of hydrogen-bond donors (Lipinski definition) is 1. The van der Waals surface area contributed by atoms with Crippen molar-refractivity contribution in [2.24, 2.45) is 4.99 Å². The van der Waals surface area contributed by atoms with E-state index in [1.54, 1.807) is 18.2 Å². The number of aliphatic imine (C=N–C) groups is 1. The van der Waals surface area contributed by atoms with E-state index in [1.807, 2.05) is 42.4 Å². The quantitative estimate of drug-likeness (QED) is 0.822. The molecule has 0 spiro atoms. The highest BCUT2D eigenvalue weighted by atomic mass is 35.5. The molecule has 3 rings (SSSR count). The molecule has 1 N–H and O–H groups in total. The van der Waals surface area contributed by atoms with Crippen molar-refractivity contribution in [3.8, 4) is 0 Å². The maximum atomic E-state index is 12.4. The minimum absolute atomic E-state index is 0.382. The lowest BCUT2D eigenvalue weighted by atomic mass is 10.2. The topological polar surface area (TPSA) is 44.7 Å². The predicted octanol–water partition coefficient (Wildman–Crippen LogP) is 4.88. The smallest absolute Gasteiger partial charge is 0.150 e. The Kier molecular flexibility index (Phi) is 5.23. The van der Waals surface area contributed by atoms with Gasteiger partial charge in [0.25, 0.3) is 0 Å². The number of benzene rings is 2. The van der Waals surface area contributed by atoms with Crippen molar-refractivity contribution >= 4 is 51.9 Å². The molecule has 1 heterocycles. The Morgan fingerprint density at radius 1 is 1.12 bits per heavy atom. The predicted molar refractivity (Wildman–Crippen MR) is 103 cm³/mol. The van der Waals surface area contributed by atoms with Crippen LogP contribution < -0.4 is 9.62 Å². The summed E-state index contributed by atoms with van der Waals surface area (Å²) in [5, 5.41) is 0.821. The summed E-state index contributed by atoms with van der Waals surface area (Å²) in [7, 11) is -1.41. The lowest BCUT2D eigenvalue weighted by molar-refractivity contribution is 0.686. The molecule has 0 saturated heterocycles. The van der Waals surface area contributed by atoms with Crippen LogP contribution in [0.25, 0.3) is 0 Å². The van der Waals surface area contributed by atoms with Crippen LogP contribution in [0.5, 0.6) is 0 Å². The van der Waals surface area contributed by atoms with Gasteiger partial charge in [-0.15, -0.1) is 0 Å². The fraction of sp³-hybridized carbons (Fsp3) is 0.118. The summed E-state index contributed by atoms with van der Waals surface area (Å²) in [4.78, 5) is 6.89. The van der Waals surface area contributed by atoms with Crippen LogP contribution in [0.15, 0.2) is 64.1 Å². The van der Waals surface area contributed by atoms with Gasteiger partial charge in [-0.1, -0.05) is 23.2 Å². The lowest BCUT2D eigenvalue weighted by Gasteiger charge is -2.21. The molecule has 0 bridgehead atoms. The molecule has 0 amide bonds. The monoisotopic (exact) mass is 379 g/mol. The van der Waals surface area contributed by atoms with E-state index in [9.17, 15) is 4.21 Å². The molecule has 124 valence electrons. The van der Waals surface area contributed by atoms with Crippen LogP contribution in [0, 0.1) is 0 Å². The van der Waals surface area contributed by atoms with E-state index in [0.29, 0.717) is 14.9 Å². The van der Waals surface area contributed by atoms with E-state index >= 15 is 0 Å². The lowest BCUT2D eigenvalue weighted by Crippen LogP contribution is -2.23. The van der Waals surface area contributed by atoms with Crippen molar-refractivity contribution < 1.29 is 4.21 Å². The van der Waals surface area contributed by atoms with Crippen molar-refractivity contribution in [3.05, 3.63) is 64.3 Å². The SMILES string of the molecule is CC1=CCN(c2ccc(NS(=O)c3ccc(Cl)c(Cl)c3)cc2)C=N1. The van der Waals surface area contributed by atoms with E-state index < -0.39 is 11.0 Å². The second kappa shape index (κ2) is 7.38. The first-order valence-corrected chi connectivity index (χ1v) is 9.14. The number of rotatable bonds is 4. The van der Waals surface area contributed by atoms with E-state index in [0.717, 1.165) is 23.6 Å². The van der Waals surface area contributed by atoms with Gasteiger partial charge in [0.15, 0.2) is 0 Å². The first-order chi connectivity index (χ1) is 11.5. The molecule has 0 aliphatic carbocycles. The molecule has 1 unspecified atom stereocenters. The summed E-state index contributed by atoms with van der Waals surface area (Å²) in [6.07, 6.45) is 3.87. The zero-order valence-corrected chi connectivity index (χ0v) is 15.2. The summed E-state index contributed by atoms with van der Waals surface area (Å²) in [5.41, 5.74) is 2.79. The van der Waals surface area contributed by atoms with Gasteiger partial charge in [0, 0.05) is 23.6 Å². The molecule has 1 aliphatic rings. The molecule has 0 aromatic heterocycles. The van der Waals surface area contributed by atoms with Gasteiger partial charge in [-0.2, -0.15) is 0 Å². The van der Waals surface area contributed by atoms with Crippen LogP contribution in [0.1, 0.15) is 6.92 Å². The zero-order valence-electron chi connectivity index (χ0n) is 12.9.